The fourth-order valence-electron chi connectivity index (χ4n) is 4.64. The lowest BCUT2D eigenvalue weighted by molar-refractivity contribution is -0.121. The summed E-state index contributed by atoms with van der Waals surface area (Å²) in [5, 5.41) is 27.7. The van der Waals surface area contributed by atoms with Gasteiger partial charge in [-0.2, -0.15) is 0 Å². The Bertz CT molecular complexity index is 1170. The molecular weight excluding hydrogens is 444 g/mol. The number of rotatable bonds is 10. The van der Waals surface area contributed by atoms with Crippen molar-refractivity contribution in [2.24, 2.45) is 5.92 Å². The lowest BCUT2D eigenvalue weighted by Crippen LogP contribution is -2.39. The average Bonchev–Trinajstić information content (AvgIpc) is 2.88. The Morgan fingerprint density at radius 1 is 1.09 bits per heavy atom. The average molecular weight is 479 g/mol. The highest BCUT2D eigenvalue weighted by atomic mass is 16.3. The number of H-pyrrole nitrogens is 1. The highest BCUT2D eigenvalue weighted by Crippen LogP contribution is 2.28. The van der Waals surface area contributed by atoms with E-state index in [0.29, 0.717) is 41.9 Å². The number of carbonyl (C=O) groups is 1. The minimum atomic E-state index is -0.751. The van der Waals surface area contributed by atoms with Crippen molar-refractivity contribution in [3.8, 4) is 5.75 Å². The van der Waals surface area contributed by atoms with Crippen LogP contribution in [0.4, 0.5) is 0 Å². The molecule has 4 rings (SSSR count). The van der Waals surface area contributed by atoms with E-state index in [-0.39, 0.29) is 17.2 Å². The maximum absolute atomic E-state index is 12.2. The first-order valence-electron chi connectivity index (χ1n) is 12.3. The zero-order valence-corrected chi connectivity index (χ0v) is 19.9. The first-order chi connectivity index (χ1) is 17.0. The number of amides is 1. The minimum absolute atomic E-state index is 0.0120. The minimum Gasteiger partial charge on any atom is -0.506 e. The molecule has 1 fully saturated rings. The van der Waals surface area contributed by atoms with Gasteiger partial charge in [0.25, 0.3) is 0 Å². The van der Waals surface area contributed by atoms with Crippen molar-refractivity contribution in [1.82, 2.24) is 20.5 Å². The highest BCUT2D eigenvalue weighted by molar-refractivity contribution is 5.87. The van der Waals surface area contributed by atoms with Gasteiger partial charge >= 0.3 is 0 Å². The normalized spacial score (nSPS) is 15.8. The summed E-state index contributed by atoms with van der Waals surface area (Å²) in [5.74, 6) is 0.595. The number of phenolic OH excluding ortho intramolecular Hbond substituents is 1. The largest absolute Gasteiger partial charge is 0.506 e. The summed E-state index contributed by atoms with van der Waals surface area (Å²) in [6.45, 7) is 4.48. The third kappa shape index (κ3) is 6.91. The van der Waals surface area contributed by atoms with Gasteiger partial charge in [-0.25, -0.2) is 0 Å². The number of nitrogens with one attached hydrogen (secondary N) is 3. The van der Waals surface area contributed by atoms with Crippen LogP contribution in [0.2, 0.25) is 0 Å². The van der Waals surface area contributed by atoms with Crippen LogP contribution in [0.15, 0.2) is 59.4 Å². The summed E-state index contributed by atoms with van der Waals surface area (Å²) in [6.07, 6.45) is 1.86. The summed E-state index contributed by atoms with van der Waals surface area (Å²) in [6, 6.07) is 16.1. The second kappa shape index (κ2) is 12.0. The number of aliphatic hydroxyl groups excluding tert-OH is 1. The molecule has 1 aliphatic rings. The van der Waals surface area contributed by atoms with Gasteiger partial charge in [-0.15, -0.1) is 0 Å². The molecule has 0 radical (unpaired) electrons. The van der Waals surface area contributed by atoms with Crippen molar-refractivity contribution in [2.75, 3.05) is 32.7 Å². The Hall–Kier alpha value is -3.20. The van der Waals surface area contributed by atoms with Crippen LogP contribution in [-0.2, 0) is 11.3 Å². The van der Waals surface area contributed by atoms with Crippen molar-refractivity contribution in [2.45, 2.75) is 31.9 Å². The van der Waals surface area contributed by atoms with Crippen LogP contribution >= 0.6 is 0 Å². The van der Waals surface area contributed by atoms with Gasteiger partial charge in [0.1, 0.15) is 5.75 Å². The van der Waals surface area contributed by atoms with Crippen molar-refractivity contribution in [3.05, 3.63) is 76.1 Å². The van der Waals surface area contributed by atoms with Crippen molar-refractivity contribution in [1.29, 1.82) is 0 Å². The predicted molar refractivity (Wildman–Crippen MR) is 136 cm³/mol. The summed E-state index contributed by atoms with van der Waals surface area (Å²) in [4.78, 5) is 28.7. The molecule has 5 N–H and O–H groups in total. The number of fused-ring (bicyclic) bond motifs is 1. The lowest BCUT2D eigenvalue weighted by atomic mass is 9.96. The van der Waals surface area contributed by atoms with Gasteiger partial charge in [-0.3, -0.25) is 9.59 Å². The molecule has 0 saturated carbocycles. The van der Waals surface area contributed by atoms with E-state index >= 15 is 0 Å². The fraction of sp³-hybridized carbons (Fsp3) is 0.407. The Morgan fingerprint density at radius 2 is 1.86 bits per heavy atom. The number of hydrogen-bond donors (Lipinski definition) is 5. The second-order valence-electron chi connectivity index (χ2n) is 9.26. The summed E-state index contributed by atoms with van der Waals surface area (Å²) in [7, 11) is 0. The summed E-state index contributed by atoms with van der Waals surface area (Å²) >= 11 is 0. The van der Waals surface area contributed by atoms with E-state index in [1.54, 1.807) is 12.1 Å². The van der Waals surface area contributed by atoms with Crippen molar-refractivity contribution >= 4 is 16.8 Å². The van der Waals surface area contributed by atoms with E-state index in [4.69, 9.17) is 0 Å². The van der Waals surface area contributed by atoms with Crippen LogP contribution in [0.1, 0.15) is 36.5 Å². The number of hydrogen-bond acceptors (Lipinski definition) is 6. The van der Waals surface area contributed by atoms with E-state index < -0.39 is 6.10 Å². The van der Waals surface area contributed by atoms with Crippen LogP contribution in [0.5, 0.6) is 5.75 Å². The zero-order chi connectivity index (χ0) is 24.6. The molecule has 1 atom stereocenters. The van der Waals surface area contributed by atoms with E-state index in [1.807, 2.05) is 30.3 Å². The van der Waals surface area contributed by atoms with E-state index in [9.17, 15) is 19.8 Å². The molecular formula is C27H34N4O4. The van der Waals surface area contributed by atoms with Crippen molar-refractivity contribution in [3.63, 3.8) is 0 Å². The van der Waals surface area contributed by atoms with Gasteiger partial charge in [0.05, 0.1) is 11.6 Å². The number of aliphatic hydroxyl groups is 1. The van der Waals surface area contributed by atoms with Crippen LogP contribution in [0.3, 0.4) is 0 Å². The number of piperidine rings is 1. The second-order valence-corrected chi connectivity index (χ2v) is 9.26. The first kappa shape index (κ1) is 24.9. The molecule has 35 heavy (non-hydrogen) atoms. The topological polar surface area (TPSA) is 118 Å². The number of phenols is 1. The number of nitrogens with zero attached hydrogens (tertiary/aromatic N) is 1. The lowest BCUT2D eigenvalue weighted by Gasteiger charge is -2.32. The quantitative estimate of drug-likeness (QED) is 0.305. The number of aromatic amines is 1. The molecule has 1 aromatic heterocycles. The SMILES string of the molecule is O=C(CCN1CCC(CNC[C@@H](O)c2ccc(O)c3[nH]c(=O)ccc23)CC1)NCc1ccccc1. The third-order valence-corrected chi connectivity index (χ3v) is 6.73. The molecule has 8 heteroatoms. The van der Waals surface area contributed by atoms with Crippen LogP contribution in [-0.4, -0.2) is 58.7 Å². The molecule has 3 aromatic rings. The van der Waals surface area contributed by atoms with Crippen LogP contribution in [0.25, 0.3) is 10.9 Å². The summed E-state index contributed by atoms with van der Waals surface area (Å²) < 4.78 is 0. The van der Waals surface area contributed by atoms with Gasteiger partial charge in [0.15, 0.2) is 0 Å². The fourth-order valence-corrected chi connectivity index (χ4v) is 4.64. The smallest absolute Gasteiger partial charge is 0.248 e. The van der Waals surface area contributed by atoms with Gasteiger partial charge in [0.2, 0.25) is 11.5 Å². The van der Waals surface area contributed by atoms with Crippen LogP contribution < -0.4 is 16.2 Å². The van der Waals surface area contributed by atoms with Gasteiger partial charge in [0, 0.05) is 37.5 Å². The van der Waals surface area contributed by atoms with Gasteiger partial charge < -0.3 is 30.7 Å². The summed E-state index contributed by atoms with van der Waals surface area (Å²) in [5.41, 5.74) is 1.82. The number of aromatic hydroxyl groups is 1. The van der Waals surface area contributed by atoms with E-state index in [1.165, 1.54) is 12.1 Å². The zero-order valence-electron chi connectivity index (χ0n) is 19.9. The standard InChI is InChI=1S/C27H34N4O4/c32-23-8-6-21(22-7-9-26(35)30-27(22)23)24(33)18-28-16-20-10-13-31(14-11-20)15-12-25(34)29-17-19-4-2-1-3-5-19/h1-9,20,24,28,32-33H,10-18H2,(H,29,34)(H,30,35)/t24-/m1/s1. The Kier molecular flexibility index (Phi) is 8.52. The van der Waals surface area contributed by atoms with Crippen LogP contribution in [0, 0.1) is 5.92 Å². The number of benzene rings is 2. The number of pyridine rings is 1. The first-order valence-corrected chi connectivity index (χ1v) is 12.3. The molecule has 1 aliphatic heterocycles. The Morgan fingerprint density at radius 3 is 2.63 bits per heavy atom. The number of carbonyl (C=O) groups excluding carboxylic acids is 1. The van der Waals surface area contributed by atoms with E-state index in [0.717, 1.165) is 44.6 Å². The molecule has 1 saturated heterocycles. The highest BCUT2D eigenvalue weighted by Gasteiger charge is 2.20. The molecule has 2 heterocycles. The molecule has 0 unspecified atom stereocenters. The van der Waals surface area contributed by atoms with Crippen molar-refractivity contribution < 1.29 is 15.0 Å². The molecule has 1 amide bonds. The molecule has 0 bridgehead atoms. The maximum Gasteiger partial charge on any atom is 0.248 e. The van der Waals surface area contributed by atoms with Gasteiger partial charge in [-0.1, -0.05) is 36.4 Å². The Balaban J connectivity index is 1.15. The molecule has 2 aromatic carbocycles. The molecule has 0 aliphatic carbocycles. The van der Waals surface area contributed by atoms with E-state index in [2.05, 4.69) is 20.5 Å². The Labute approximate surface area is 205 Å². The predicted octanol–water partition coefficient (Wildman–Crippen LogP) is 2.28. The monoisotopic (exact) mass is 478 g/mol. The molecule has 8 nitrogen and oxygen atoms in total. The third-order valence-electron chi connectivity index (χ3n) is 6.73. The van der Waals surface area contributed by atoms with Gasteiger partial charge in [-0.05, 0) is 61.7 Å². The molecule has 0 spiro atoms. The molecule has 186 valence electrons. The maximum atomic E-state index is 12.2. The number of likely N-dealkylation sites (tertiary alicyclic amines) is 1. The number of aromatic nitrogens is 1.